The molecule has 0 atom stereocenters. The Labute approximate surface area is 199 Å². The minimum atomic E-state index is -1.01. The van der Waals surface area contributed by atoms with E-state index in [-0.39, 0.29) is 11.5 Å². The van der Waals surface area contributed by atoms with Gasteiger partial charge in [-0.05, 0) is 48.9 Å². The maximum absolute atomic E-state index is 13.7. The van der Waals surface area contributed by atoms with Gasteiger partial charge in [-0.25, -0.2) is 14.8 Å². The van der Waals surface area contributed by atoms with E-state index in [1.807, 2.05) is 31.2 Å². The molecule has 0 amide bonds. The van der Waals surface area contributed by atoms with Crippen molar-refractivity contribution in [3.8, 4) is 22.5 Å². The van der Waals surface area contributed by atoms with Crippen LogP contribution in [0.2, 0.25) is 5.02 Å². The number of aromatic carboxylic acids is 1. The zero-order valence-electron chi connectivity index (χ0n) is 17.9. The number of hydrogen-bond acceptors (Lipinski definition) is 5. The molecule has 0 radical (unpaired) electrons. The Morgan fingerprint density at radius 2 is 1.74 bits per heavy atom. The maximum atomic E-state index is 13.7. The summed E-state index contributed by atoms with van der Waals surface area (Å²) in [6.07, 6.45) is 3.11. The predicted molar refractivity (Wildman–Crippen MR) is 129 cm³/mol. The van der Waals surface area contributed by atoms with Crippen LogP contribution in [0.25, 0.3) is 33.4 Å². The molecule has 1 N–H and O–H groups in total. The number of halogens is 1. The molecule has 7 nitrogen and oxygen atoms in total. The van der Waals surface area contributed by atoms with Gasteiger partial charge < -0.3 is 5.11 Å². The van der Waals surface area contributed by atoms with Crippen LogP contribution in [0.3, 0.4) is 0 Å². The van der Waals surface area contributed by atoms with Crippen LogP contribution < -0.4 is 0 Å². The first-order valence-electron chi connectivity index (χ1n) is 10.4. The fourth-order valence-corrected chi connectivity index (χ4v) is 4.19. The molecule has 3 aromatic carbocycles. The van der Waals surface area contributed by atoms with Crippen molar-refractivity contribution in [1.82, 2.24) is 19.7 Å². The highest BCUT2D eigenvalue weighted by atomic mass is 35.5. The van der Waals surface area contributed by atoms with Crippen LogP contribution in [0.5, 0.6) is 0 Å². The van der Waals surface area contributed by atoms with Crippen LogP contribution in [0.4, 0.5) is 0 Å². The van der Waals surface area contributed by atoms with Crippen molar-refractivity contribution < 1.29 is 14.7 Å². The van der Waals surface area contributed by atoms with Crippen molar-refractivity contribution in [2.24, 2.45) is 0 Å². The second kappa shape index (κ2) is 8.53. The first kappa shape index (κ1) is 21.5. The summed E-state index contributed by atoms with van der Waals surface area (Å²) in [6, 6.07) is 19.1. The van der Waals surface area contributed by atoms with Crippen LogP contribution in [0.15, 0.2) is 79.3 Å². The standard InChI is InChI=1S/C26H17ClN4O3/c1-15-3-2-4-20(27)23(15)25(32)31-22-13-18(21-11-12-28-14-29-21)9-10-19(22)24(30-31)16-5-7-17(8-6-16)26(33)34/h2-14H,1H3,(H,33,34). The fraction of sp³-hybridized carbons (Fsp3) is 0.0385. The average molecular weight is 469 g/mol. The topological polar surface area (TPSA) is 98.0 Å². The summed E-state index contributed by atoms with van der Waals surface area (Å²) in [7, 11) is 0. The molecule has 0 saturated heterocycles. The number of fused-ring (bicyclic) bond motifs is 1. The molecule has 8 heteroatoms. The lowest BCUT2D eigenvalue weighted by atomic mass is 10.0. The van der Waals surface area contributed by atoms with Crippen molar-refractivity contribution in [1.29, 1.82) is 0 Å². The fourth-order valence-electron chi connectivity index (χ4n) is 3.88. The first-order chi connectivity index (χ1) is 16.4. The molecule has 2 heterocycles. The summed E-state index contributed by atoms with van der Waals surface area (Å²) in [5, 5.41) is 15.0. The molecule has 166 valence electrons. The monoisotopic (exact) mass is 468 g/mol. The van der Waals surface area contributed by atoms with Crippen molar-refractivity contribution in [3.63, 3.8) is 0 Å². The zero-order valence-corrected chi connectivity index (χ0v) is 18.7. The molecule has 0 aliphatic heterocycles. The highest BCUT2D eigenvalue weighted by molar-refractivity contribution is 6.34. The SMILES string of the molecule is Cc1cccc(Cl)c1C(=O)n1nc(-c2ccc(C(=O)O)cc2)c2ccc(-c3ccncn3)cc21. The van der Waals surface area contributed by atoms with Gasteiger partial charge in [0.2, 0.25) is 0 Å². The Morgan fingerprint density at radius 1 is 0.971 bits per heavy atom. The number of carbonyl (C=O) groups excluding carboxylic acids is 1. The molecular formula is C26H17ClN4O3. The van der Waals surface area contributed by atoms with Crippen molar-refractivity contribution in [2.45, 2.75) is 6.92 Å². The number of aryl methyl sites for hydroxylation is 1. The van der Waals surface area contributed by atoms with Crippen LogP contribution in [-0.4, -0.2) is 36.7 Å². The molecule has 0 aliphatic rings. The highest BCUT2D eigenvalue weighted by Crippen LogP contribution is 2.32. The molecule has 0 fully saturated rings. The van der Waals surface area contributed by atoms with E-state index in [9.17, 15) is 14.7 Å². The van der Waals surface area contributed by atoms with E-state index >= 15 is 0 Å². The summed E-state index contributed by atoms with van der Waals surface area (Å²) >= 11 is 6.39. The van der Waals surface area contributed by atoms with Gasteiger partial charge in [-0.2, -0.15) is 9.78 Å². The number of carbonyl (C=O) groups is 2. The summed E-state index contributed by atoms with van der Waals surface area (Å²) in [5.74, 6) is -1.37. The average Bonchev–Trinajstić information content (AvgIpc) is 3.23. The number of carboxylic acid groups (broad SMARTS) is 1. The smallest absolute Gasteiger partial charge is 0.335 e. The van der Waals surface area contributed by atoms with Gasteiger partial charge in [-0.15, -0.1) is 0 Å². The summed E-state index contributed by atoms with van der Waals surface area (Å²) < 4.78 is 1.34. The third kappa shape index (κ3) is 3.72. The summed E-state index contributed by atoms with van der Waals surface area (Å²) in [6.45, 7) is 1.82. The Kier molecular flexibility index (Phi) is 5.39. The Morgan fingerprint density at radius 3 is 2.41 bits per heavy atom. The number of carboxylic acids is 1. The lowest BCUT2D eigenvalue weighted by Gasteiger charge is -2.08. The second-order valence-corrected chi connectivity index (χ2v) is 8.11. The normalized spacial score (nSPS) is 11.0. The Balaban J connectivity index is 1.74. The Hall–Kier alpha value is -4.36. The summed E-state index contributed by atoms with van der Waals surface area (Å²) in [4.78, 5) is 33.2. The third-order valence-corrected chi connectivity index (χ3v) is 5.91. The number of nitrogens with zero attached hydrogens (tertiary/aromatic N) is 4. The first-order valence-corrected chi connectivity index (χ1v) is 10.7. The van der Waals surface area contributed by atoms with Crippen LogP contribution >= 0.6 is 11.6 Å². The molecule has 34 heavy (non-hydrogen) atoms. The summed E-state index contributed by atoms with van der Waals surface area (Å²) in [5.41, 5.74) is 4.60. The quantitative estimate of drug-likeness (QED) is 0.373. The molecule has 5 aromatic rings. The molecule has 0 bridgehead atoms. The third-order valence-electron chi connectivity index (χ3n) is 5.59. The molecule has 0 saturated carbocycles. The second-order valence-electron chi connectivity index (χ2n) is 7.71. The van der Waals surface area contributed by atoms with Crippen LogP contribution in [0.1, 0.15) is 26.3 Å². The van der Waals surface area contributed by atoms with Crippen molar-refractivity contribution >= 4 is 34.4 Å². The van der Waals surface area contributed by atoms with Gasteiger partial charge >= 0.3 is 5.97 Å². The van der Waals surface area contributed by atoms with E-state index in [0.717, 1.165) is 16.5 Å². The number of rotatable bonds is 4. The van der Waals surface area contributed by atoms with E-state index in [1.165, 1.54) is 23.1 Å². The van der Waals surface area contributed by atoms with Gasteiger partial charge in [0.1, 0.15) is 12.0 Å². The van der Waals surface area contributed by atoms with Crippen LogP contribution in [-0.2, 0) is 0 Å². The molecule has 0 unspecified atom stereocenters. The van der Waals surface area contributed by atoms with Gasteiger partial charge in [0.05, 0.1) is 27.4 Å². The highest BCUT2D eigenvalue weighted by Gasteiger charge is 2.22. The molecular weight excluding hydrogens is 452 g/mol. The lowest BCUT2D eigenvalue weighted by Crippen LogP contribution is -2.15. The minimum Gasteiger partial charge on any atom is -0.478 e. The van der Waals surface area contributed by atoms with E-state index in [0.29, 0.717) is 33.1 Å². The van der Waals surface area contributed by atoms with Gasteiger partial charge in [-0.3, -0.25) is 4.79 Å². The number of hydrogen-bond donors (Lipinski definition) is 1. The largest absolute Gasteiger partial charge is 0.478 e. The maximum Gasteiger partial charge on any atom is 0.335 e. The Bertz CT molecular complexity index is 1540. The molecule has 2 aromatic heterocycles. The van der Waals surface area contributed by atoms with E-state index in [2.05, 4.69) is 15.1 Å². The predicted octanol–water partition coefficient (Wildman–Crippen LogP) is 5.51. The number of aromatic nitrogens is 4. The number of benzene rings is 3. The van der Waals surface area contributed by atoms with E-state index in [4.69, 9.17) is 11.6 Å². The zero-order chi connectivity index (χ0) is 23.8. The van der Waals surface area contributed by atoms with Gasteiger partial charge in [-0.1, -0.05) is 41.9 Å². The van der Waals surface area contributed by atoms with Crippen molar-refractivity contribution in [2.75, 3.05) is 0 Å². The molecule has 0 spiro atoms. The van der Waals surface area contributed by atoms with Gasteiger partial charge in [0.15, 0.2) is 0 Å². The lowest BCUT2D eigenvalue weighted by molar-refractivity contribution is 0.0696. The van der Waals surface area contributed by atoms with Gasteiger partial charge in [0, 0.05) is 22.7 Å². The van der Waals surface area contributed by atoms with Crippen molar-refractivity contribution in [3.05, 3.63) is 101 Å². The molecule has 5 rings (SSSR count). The minimum absolute atomic E-state index is 0.168. The van der Waals surface area contributed by atoms with Gasteiger partial charge in [0.25, 0.3) is 5.91 Å². The van der Waals surface area contributed by atoms with Crippen LogP contribution in [0, 0.1) is 6.92 Å². The van der Waals surface area contributed by atoms with E-state index in [1.54, 1.807) is 36.5 Å². The molecule has 0 aliphatic carbocycles. The van der Waals surface area contributed by atoms with E-state index < -0.39 is 5.97 Å².